The second kappa shape index (κ2) is 6.60. The van der Waals surface area contributed by atoms with Gasteiger partial charge in [0, 0.05) is 23.6 Å². The lowest BCUT2D eigenvalue weighted by Crippen LogP contribution is -2.18. The van der Waals surface area contributed by atoms with Crippen LogP contribution in [0.3, 0.4) is 0 Å². The fourth-order valence-corrected chi connectivity index (χ4v) is 3.82. The summed E-state index contributed by atoms with van der Waals surface area (Å²) in [6, 6.07) is 25.7. The summed E-state index contributed by atoms with van der Waals surface area (Å²) < 4.78 is 8.12. The fraction of sp³-hybridized carbons (Fsp3) is 0.0400. The molecule has 0 aliphatic rings. The van der Waals surface area contributed by atoms with Gasteiger partial charge in [0.05, 0.1) is 10.9 Å². The normalized spacial score (nSPS) is 11.2. The molecule has 0 spiro atoms. The zero-order valence-electron chi connectivity index (χ0n) is 15.8. The maximum atomic E-state index is 13.7. The van der Waals surface area contributed by atoms with Gasteiger partial charge in [-0.3, -0.25) is 9.59 Å². The van der Waals surface area contributed by atoms with Gasteiger partial charge in [-0.05, 0) is 6.07 Å². The number of nitrogens with zero attached hydrogens (tertiary/aromatic N) is 1. The number of para-hydroxylation sites is 1. The number of benzene rings is 3. The molecular formula is C25H17NO3. The van der Waals surface area contributed by atoms with Gasteiger partial charge >= 0.3 is 0 Å². The van der Waals surface area contributed by atoms with Gasteiger partial charge in [0.25, 0.3) is 0 Å². The molecule has 2 aromatic heterocycles. The van der Waals surface area contributed by atoms with E-state index in [1.165, 1.54) is 0 Å². The van der Waals surface area contributed by atoms with Crippen molar-refractivity contribution in [1.82, 2.24) is 4.57 Å². The van der Waals surface area contributed by atoms with Crippen LogP contribution in [-0.4, -0.2) is 10.4 Å². The first kappa shape index (κ1) is 17.2. The monoisotopic (exact) mass is 379 g/mol. The van der Waals surface area contributed by atoms with Crippen molar-refractivity contribution >= 4 is 27.8 Å². The SMILES string of the molecule is Cn1c2ccccc2c2c(=O)c(C(=O)c3ccccc3)c(-c3ccccc3)oc21. The molecule has 0 bridgehead atoms. The van der Waals surface area contributed by atoms with Crippen molar-refractivity contribution in [3.05, 3.63) is 106 Å². The van der Waals surface area contributed by atoms with Crippen LogP contribution in [-0.2, 0) is 7.05 Å². The molecule has 0 aliphatic heterocycles. The summed E-state index contributed by atoms with van der Waals surface area (Å²) in [6.45, 7) is 0. The number of ketones is 1. The largest absolute Gasteiger partial charge is 0.438 e. The van der Waals surface area contributed by atoms with Crippen LogP contribution in [0.25, 0.3) is 33.3 Å². The maximum Gasteiger partial charge on any atom is 0.212 e. The highest BCUT2D eigenvalue weighted by atomic mass is 16.3. The number of aromatic nitrogens is 1. The van der Waals surface area contributed by atoms with Crippen molar-refractivity contribution in [2.24, 2.45) is 7.05 Å². The minimum atomic E-state index is -0.340. The van der Waals surface area contributed by atoms with Crippen molar-refractivity contribution in [2.75, 3.05) is 0 Å². The van der Waals surface area contributed by atoms with Gasteiger partial charge in [-0.1, -0.05) is 78.9 Å². The summed E-state index contributed by atoms with van der Waals surface area (Å²) >= 11 is 0. The van der Waals surface area contributed by atoms with Crippen LogP contribution >= 0.6 is 0 Å². The van der Waals surface area contributed by atoms with Crippen LogP contribution in [0.1, 0.15) is 15.9 Å². The third kappa shape index (κ3) is 2.61. The van der Waals surface area contributed by atoms with E-state index >= 15 is 0 Å². The third-order valence-electron chi connectivity index (χ3n) is 5.23. The Kier molecular flexibility index (Phi) is 3.91. The summed E-state index contributed by atoms with van der Waals surface area (Å²) in [6.07, 6.45) is 0. The zero-order chi connectivity index (χ0) is 20.0. The first-order valence-corrected chi connectivity index (χ1v) is 9.36. The highest BCUT2D eigenvalue weighted by Crippen LogP contribution is 2.32. The standard InChI is InChI=1S/C25H17NO3/c1-26-19-15-9-8-14-18(19)20-23(28)21(22(27)16-10-4-2-5-11-16)24(29-25(20)26)17-12-6-3-7-13-17/h2-15H,1H3. The van der Waals surface area contributed by atoms with Crippen LogP contribution in [0, 0.1) is 0 Å². The molecule has 29 heavy (non-hydrogen) atoms. The van der Waals surface area contributed by atoms with Crippen LogP contribution < -0.4 is 5.43 Å². The van der Waals surface area contributed by atoms with Gasteiger partial charge in [-0.25, -0.2) is 0 Å². The van der Waals surface area contributed by atoms with E-state index in [0.717, 1.165) is 10.9 Å². The van der Waals surface area contributed by atoms with Crippen molar-refractivity contribution in [3.63, 3.8) is 0 Å². The van der Waals surface area contributed by atoms with Crippen molar-refractivity contribution in [1.29, 1.82) is 0 Å². The number of rotatable bonds is 3. The van der Waals surface area contributed by atoms with Gasteiger partial charge in [0.2, 0.25) is 16.9 Å². The van der Waals surface area contributed by atoms with Crippen LogP contribution in [0.15, 0.2) is 94.1 Å². The molecule has 0 saturated heterocycles. The highest BCUT2D eigenvalue weighted by molar-refractivity contribution is 6.15. The zero-order valence-corrected chi connectivity index (χ0v) is 15.8. The molecule has 4 heteroatoms. The Morgan fingerprint density at radius 3 is 2.17 bits per heavy atom. The summed E-state index contributed by atoms with van der Waals surface area (Å²) in [5.41, 5.74) is 2.24. The van der Waals surface area contributed by atoms with E-state index in [4.69, 9.17) is 4.42 Å². The number of hydrogen-bond acceptors (Lipinski definition) is 3. The lowest BCUT2D eigenvalue weighted by atomic mass is 9.97. The minimum absolute atomic E-state index is 0.0613. The Morgan fingerprint density at radius 2 is 1.45 bits per heavy atom. The van der Waals surface area contributed by atoms with Crippen LogP contribution in [0.4, 0.5) is 0 Å². The molecule has 0 radical (unpaired) electrons. The number of hydrogen-bond donors (Lipinski definition) is 0. The predicted molar refractivity (Wildman–Crippen MR) is 114 cm³/mol. The van der Waals surface area contributed by atoms with Crippen molar-refractivity contribution in [2.45, 2.75) is 0 Å². The van der Waals surface area contributed by atoms with Gasteiger partial charge in [0.1, 0.15) is 5.56 Å². The van der Waals surface area contributed by atoms with Gasteiger partial charge < -0.3 is 8.98 Å². The first-order chi connectivity index (χ1) is 14.2. The average molecular weight is 379 g/mol. The van der Waals surface area contributed by atoms with E-state index in [9.17, 15) is 9.59 Å². The molecule has 0 atom stereocenters. The maximum absolute atomic E-state index is 13.7. The molecule has 0 amide bonds. The lowest BCUT2D eigenvalue weighted by molar-refractivity contribution is 0.103. The molecule has 3 aromatic carbocycles. The summed E-state index contributed by atoms with van der Waals surface area (Å²) in [5, 5.41) is 1.21. The summed E-state index contributed by atoms with van der Waals surface area (Å²) in [4.78, 5) is 27.1. The van der Waals surface area contributed by atoms with Crippen molar-refractivity contribution in [3.8, 4) is 11.3 Å². The van der Waals surface area contributed by atoms with Crippen LogP contribution in [0.2, 0.25) is 0 Å². The molecule has 5 rings (SSSR count). The third-order valence-corrected chi connectivity index (χ3v) is 5.23. The fourth-order valence-electron chi connectivity index (χ4n) is 3.82. The highest BCUT2D eigenvalue weighted by Gasteiger charge is 2.26. The van der Waals surface area contributed by atoms with Gasteiger partial charge in [-0.15, -0.1) is 0 Å². The molecule has 4 nitrogen and oxygen atoms in total. The molecule has 2 heterocycles. The number of carbonyl (C=O) groups is 1. The Balaban J connectivity index is 1.94. The van der Waals surface area contributed by atoms with Gasteiger partial charge in [-0.2, -0.15) is 0 Å². The predicted octanol–water partition coefficient (Wildman–Crippen LogP) is 5.18. The first-order valence-electron chi connectivity index (χ1n) is 9.36. The summed E-state index contributed by atoms with van der Waals surface area (Å²) in [7, 11) is 1.86. The van der Waals surface area contributed by atoms with Crippen molar-refractivity contribution < 1.29 is 9.21 Å². The molecular weight excluding hydrogens is 362 g/mol. The Morgan fingerprint density at radius 1 is 0.828 bits per heavy atom. The second-order valence-corrected chi connectivity index (χ2v) is 6.95. The quantitative estimate of drug-likeness (QED) is 0.406. The molecule has 0 fully saturated rings. The molecule has 0 saturated carbocycles. The van der Waals surface area contributed by atoms with E-state index in [-0.39, 0.29) is 16.8 Å². The Bertz CT molecular complexity index is 1430. The average Bonchev–Trinajstić information content (AvgIpc) is 3.07. The Labute approximate surface area is 166 Å². The van der Waals surface area contributed by atoms with Crippen LogP contribution in [0.5, 0.6) is 0 Å². The topological polar surface area (TPSA) is 52.2 Å². The molecule has 140 valence electrons. The summed E-state index contributed by atoms with van der Waals surface area (Å²) in [5.74, 6) is -0.0455. The minimum Gasteiger partial charge on any atom is -0.438 e. The van der Waals surface area contributed by atoms with E-state index < -0.39 is 0 Å². The lowest BCUT2D eigenvalue weighted by Gasteiger charge is -2.09. The Hall–Kier alpha value is -3.92. The smallest absolute Gasteiger partial charge is 0.212 e. The number of aryl methyl sites for hydroxylation is 1. The second-order valence-electron chi connectivity index (χ2n) is 6.95. The number of fused-ring (bicyclic) bond motifs is 3. The van der Waals surface area contributed by atoms with E-state index in [1.807, 2.05) is 72.3 Å². The molecule has 0 unspecified atom stereocenters. The van der Waals surface area contributed by atoms with Gasteiger partial charge in [0.15, 0.2) is 5.76 Å². The molecule has 0 aliphatic carbocycles. The van der Waals surface area contributed by atoms with E-state index in [1.54, 1.807) is 24.3 Å². The van der Waals surface area contributed by atoms with E-state index in [0.29, 0.717) is 28.0 Å². The number of carbonyl (C=O) groups excluding carboxylic acids is 1. The van der Waals surface area contributed by atoms with E-state index in [2.05, 4.69) is 0 Å². The molecule has 5 aromatic rings. The molecule has 0 N–H and O–H groups in total.